The molecule has 0 bridgehead atoms. The molecule has 3 rings (SSSR count). The molecule has 3 heterocycles. The molecule has 3 aromatic heterocycles. The average Bonchev–Trinajstić information content (AvgIpc) is 2.84. The molecule has 1 amide bonds. The Labute approximate surface area is 200 Å². The smallest absolute Gasteiger partial charge is 0.426 e. The van der Waals surface area contributed by atoms with Crippen molar-refractivity contribution in [3.8, 4) is 0 Å². The predicted octanol–water partition coefficient (Wildman–Crippen LogP) is 0.893. The summed E-state index contributed by atoms with van der Waals surface area (Å²) in [5, 5.41) is 21.2. The molecule has 0 fully saturated rings. The number of nitrogens with one attached hydrogen (secondary N) is 1. The van der Waals surface area contributed by atoms with Crippen molar-refractivity contribution in [3.05, 3.63) is 90.3 Å². The van der Waals surface area contributed by atoms with Gasteiger partial charge in [0, 0.05) is 51.3 Å². The van der Waals surface area contributed by atoms with Crippen LogP contribution in [-0.2, 0) is 24.4 Å². The quantitative estimate of drug-likeness (QED) is 0.321. The Bertz CT molecular complexity index is 940. The third-order valence-electron chi connectivity index (χ3n) is 5.27. The minimum absolute atomic E-state index is 0.106. The first-order chi connectivity index (χ1) is 16.5. The van der Waals surface area contributed by atoms with E-state index in [0.29, 0.717) is 32.7 Å². The summed E-state index contributed by atoms with van der Waals surface area (Å²) in [6, 6.07) is 17.4. The lowest BCUT2D eigenvalue weighted by Crippen LogP contribution is -2.48. The highest BCUT2D eigenvalue weighted by Gasteiger charge is 2.22. The molecule has 0 aliphatic heterocycles. The van der Waals surface area contributed by atoms with Gasteiger partial charge in [-0.15, -0.1) is 0 Å². The van der Waals surface area contributed by atoms with Gasteiger partial charge < -0.3 is 15.4 Å². The normalized spacial score (nSPS) is 12.0. The Morgan fingerprint density at radius 2 is 1.26 bits per heavy atom. The van der Waals surface area contributed by atoms with Crippen molar-refractivity contribution in [2.24, 2.45) is 0 Å². The first-order valence-electron chi connectivity index (χ1n) is 11.3. The average molecular weight is 462 g/mol. The molecular weight excluding hydrogens is 431 g/mol. The Morgan fingerprint density at radius 3 is 1.68 bits per heavy atom. The zero-order valence-corrected chi connectivity index (χ0v) is 19.4. The number of rotatable bonds is 13. The first kappa shape index (κ1) is 25.4. The molecule has 10 heteroatoms. The molecule has 9 nitrogen and oxygen atoms in total. The molecule has 0 spiro atoms. The van der Waals surface area contributed by atoms with Crippen LogP contribution in [0.4, 0.5) is 0 Å². The van der Waals surface area contributed by atoms with E-state index in [2.05, 4.69) is 25.2 Å². The largest absolute Gasteiger partial charge is 0.475 e. The third-order valence-corrected chi connectivity index (χ3v) is 5.27. The highest BCUT2D eigenvalue weighted by Crippen LogP contribution is 2.09. The highest BCUT2D eigenvalue weighted by atomic mass is 16.4. The lowest BCUT2D eigenvalue weighted by atomic mass is 9.81. The molecule has 0 aromatic carbocycles. The molecule has 0 aliphatic rings. The van der Waals surface area contributed by atoms with E-state index in [1.165, 1.54) is 0 Å². The minimum atomic E-state index is -1.61. The zero-order chi connectivity index (χ0) is 24.2. The summed E-state index contributed by atoms with van der Waals surface area (Å²) in [5.74, 6) is -1.04. The summed E-state index contributed by atoms with van der Waals surface area (Å²) >= 11 is 0. The molecule has 0 radical (unpaired) electrons. The van der Waals surface area contributed by atoms with Crippen molar-refractivity contribution >= 4 is 13.0 Å². The summed E-state index contributed by atoms with van der Waals surface area (Å²) in [6.45, 7) is 4.71. The van der Waals surface area contributed by atoms with E-state index in [9.17, 15) is 14.8 Å². The van der Waals surface area contributed by atoms with Crippen molar-refractivity contribution in [1.82, 2.24) is 30.1 Å². The second-order valence-electron chi connectivity index (χ2n) is 8.15. The summed E-state index contributed by atoms with van der Waals surface area (Å²) in [7, 11) is -1.61. The number of amides is 1. The molecule has 3 N–H and O–H groups in total. The molecule has 34 heavy (non-hydrogen) atoms. The number of pyridine rings is 3. The monoisotopic (exact) mass is 462 g/mol. The van der Waals surface area contributed by atoms with Crippen LogP contribution in [-0.4, -0.2) is 73.4 Å². The van der Waals surface area contributed by atoms with Crippen LogP contribution in [0, 0.1) is 0 Å². The van der Waals surface area contributed by atoms with Gasteiger partial charge in [0.2, 0.25) is 5.91 Å². The summed E-state index contributed by atoms with van der Waals surface area (Å²) < 4.78 is 0. The standard InChI is InChI=1S/C24H31BN6O3/c1-20(25(33)34)29-24(32)19-31(18-23-10-4-7-13-28-23)15-14-30(16-21-8-2-5-11-26-21)17-22-9-3-6-12-27-22/h2-13,20,33-34H,14-19H2,1H3,(H,29,32). The van der Waals surface area contributed by atoms with E-state index in [1.54, 1.807) is 25.5 Å². The summed E-state index contributed by atoms with van der Waals surface area (Å²) in [6.07, 6.45) is 5.29. The summed E-state index contributed by atoms with van der Waals surface area (Å²) in [5.41, 5.74) is 2.77. The van der Waals surface area contributed by atoms with Gasteiger partial charge in [-0.05, 0) is 43.3 Å². The number of nitrogens with zero attached hydrogens (tertiary/aromatic N) is 5. The fourth-order valence-corrected chi connectivity index (χ4v) is 3.45. The second-order valence-corrected chi connectivity index (χ2v) is 8.15. The topological polar surface area (TPSA) is 115 Å². The highest BCUT2D eigenvalue weighted by molar-refractivity contribution is 6.43. The van der Waals surface area contributed by atoms with E-state index in [0.717, 1.165) is 17.1 Å². The predicted molar refractivity (Wildman–Crippen MR) is 130 cm³/mol. The maximum atomic E-state index is 12.6. The number of carbonyl (C=O) groups is 1. The van der Waals surface area contributed by atoms with Gasteiger partial charge in [-0.3, -0.25) is 29.5 Å². The Morgan fingerprint density at radius 1 is 0.824 bits per heavy atom. The van der Waals surface area contributed by atoms with Crippen molar-refractivity contribution in [3.63, 3.8) is 0 Å². The minimum Gasteiger partial charge on any atom is -0.426 e. The van der Waals surface area contributed by atoms with Gasteiger partial charge in [-0.25, -0.2) is 0 Å². The van der Waals surface area contributed by atoms with Crippen molar-refractivity contribution in [2.75, 3.05) is 19.6 Å². The van der Waals surface area contributed by atoms with Crippen LogP contribution >= 0.6 is 0 Å². The number of hydrogen-bond donors (Lipinski definition) is 3. The van der Waals surface area contributed by atoms with E-state index >= 15 is 0 Å². The Kier molecular flexibility index (Phi) is 10.1. The lowest BCUT2D eigenvalue weighted by Gasteiger charge is -2.27. The Hall–Kier alpha value is -3.18. The van der Waals surface area contributed by atoms with Gasteiger partial charge in [0.15, 0.2) is 0 Å². The van der Waals surface area contributed by atoms with Crippen molar-refractivity contribution in [1.29, 1.82) is 0 Å². The maximum Gasteiger partial charge on any atom is 0.475 e. The zero-order valence-electron chi connectivity index (χ0n) is 19.4. The van der Waals surface area contributed by atoms with Gasteiger partial charge in [-0.2, -0.15) is 0 Å². The third kappa shape index (κ3) is 8.99. The van der Waals surface area contributed by atoms with Gasteiger partial charge >= 0.3 is 7.12 Å². The molecular formula is C24H31BN6O3. The summed E-state index contributed by atoms with van der Waals surface area (Å²) in [4.78, 5) is 30.1. The number of aromatic nitrogens is 3. The maximum absolute atomic E-state index is 12.6. The van der Waals surface area contributed by atoms with Gasteiger partial charge in [0.05, 0.1) is 29.6 Å². The molecule has 0 saturated heterocycles. The van der Waals surface area contributed by atoms with Crippen molar-refractivity contribution < 1.29 is 14.8 Å². The van der Waals surface area contributed by atoms with Crippen LogP contribution in [0.2, 0.25) is 0 Å². The molecule has 3 aromatic rings. The fourth-order valence-electron chi connectivity index (χ4n) is 3.45. The van der Waals surface area contributed by atoms with Crippen LogP contribution in [0.25, 0.3) is 0 Å². The second kappa shape index (κ2) is 13.5. The van der Waals surface area contributed by atoms with Gasteiger partial charge in [0.25, 0.3) is 0 Å². The Balaban J connectivity index is 1.69. The molecule has 1 atom stereocenters. The van der Waals surface area contributed by atoms with Crippen molar-refractivity contribution in [2.45, 2.75) is 32.5 Å². The first-order valence-corrected chi connectivity index (χ1v) is 11.3. The SMILES string of the molecule is CC(NC(=O)CN(CCN(Cc1ccccn1)Cc1ccccn1)Cc1ccccn1)B(O)O. The van der Waals surface area contributed by atoms with E-state index < -0.39 is 13.1 Å². The van der Waals surface area contributed by atoms with Crippen LogP contribution in [0.5, 0.6) is 0 Å². The molecule has 1 unspecified atom stereocenters. The van der Waals surface area contributed by atoms with Crippen LogP contribution < -0.4 is 5.32 Å². The lowest BCUT2D eigenvalue weighted by molar-refractivity contribution is -0.122. The van der Waals surface area contributed by atoms with Gasteiger partial charge in [-0.1, -0.05) is 18.2 Å². The van der Waals surface area contributed by atoms with Crippen LogP contribution in [0.3, 0.4) is 0 Å². The van der Waals surface area contributed by atoms with E-state index in [-0.39, 0.29) is 12.5 Å². The molecule has 178 valence electrons. The van der Waals surface area contributed by atoms with E-state index in [1.807, 2.05) is 59.5 Å². The van der Waals surface area contributed by atoms with Gasteiger partial charge in [0.1, 0.15) is 0 Å². The molecule has 0 saturated carbocycles. The van der Waals surface area contributed by atoms with E-state index in [4.69, 9.17) is 0 Å². The van der Waals surface area contributed by atoms with Crippen LogP contribution in [0.15, 0.2) is 73.2 Å². The fraction of sp³-hybridized carbons (Fsp3) is 0.333. The molecule has 0 aliphatic carbocycles. The number of carbonyl (C=O) groups excluding carboxylic acids is 1. The number of hydrogen-bond acceptors (Lipinski definition) is 8. The van der Waals surface area contributed by atoms with Crippen LogP contribution in [0.1, 0.15) is 24.0 Å².